The maximum atomic E-state index is 12.3. The predicted molar refractivity (Wildman–Crippen MR) is 108 cm³/mol. The van der Waals surface area contributed by atoms with Gasteiger partial charge in [-0.1, -0.05) is 41.4 Å². The van der Waals surface area contributed by atoms with Crippen LogP contribution in [0.1, 0.15) is 20.7 Å². The third kappa shape index (κ3) is 5.07. The molecule has 7 nitrogen and oxygen atoms in total. The quantitative estimate of drug-likeness (QED) is 0.548. The summed E-state index contributed by atoms with van der Waals surface area (Å²) >= 11 is 11.8. The lowest BCUT2D eigenvalue weighted by Crippen LogP contribution is -2.53. The zero-order chi connectivity index (χ0) is 21.0. The lowest BCUT2D eigenvalue weighted by Gasteiger charge is -2.26. The average molecular weight is 439 g/mol. The van der Waals surface area contributed by atoms with Gasteiger partial charge in [-0.15, -0.1) is 0 Å². The lowest BCUT2D eigenvalue weighted by atomic mass is 9.96. The summed E-state index contributed by atoms with van der Waals surface area (Å²) in [6.07, 6.45) is -2.15. The van der Waals surface area contributed by atoms with Gasteiger partial charge in [-0.05, 0) is 30.3 Å². The molecule has 1 fully saturated rings. The highest BCUT2D eigenvalue weighted by molar-refractivity contribution is 6.36. The SMILES string of the molecule is O=C(NC[C@]1(O)CO[C@H](CNC(=O)c2ccc(Cl)cc2Cl)[C@H]1O)c1ccccc1. The van der Waals surface area contributed by atoms with Crippen molar-refractivity contribution in [3.8, 4) is 0 Å². The molecule has 0 bridgehead atoms. The smallest absolute Gasteiger partial charge is 0.252 e. The Morgan fingerprint density at radius 2 is 1.83 bits per heavy atom. The van der Waals surface area contributed by atoms with Gasteiger partial charge in [0.25, 0.3) is 11.8 Å². The van der Waals surface area contributed by atoms with E-state index in [1.54, 1.807) is 30.3 Å². The number of aliphatic hydroxyl groups is 2. The molecular formula is C20H20Cl2N2O5. The van der Waals surface area contributed by atoms with E-state index in [-0.39, 0.29) is 36.2 Å². The van der Waals surface area contributed by atoms with Crippen LogP contribution < -0.4 is 10.6 Å². The molecule has 0 radical (unpaired) electrons. The summed E-state index contributed by atoms with van der Waals surface area (Å²) < 4.78 is 5.43. The first kappa shape index (κ1) is 21.5. The number of amides is 2. The second kappa shape index (κ2) is 9.11. The molecule has 2 aromatic rings. The fourth-order valence-electron chi connectivity index (χ4n) is 2.99. The van der Waals surface area contributed by atoms with Crippen molar-refractivity contribution in [1.29, 1.82) is 0 Å². The first-order valence-corrected chi connectivity index (χ1v) is 9.64. The zero-order valence-electron chi connectivity index (χ0n) is 15.3. The molecule has 2 amide bonds. The van der Waals surface area contributed by atoms with Gasteiger partial charge in [0.15, 0.2) is 0 Å². The molecule has 1 aliphatic heterocycles. The minimum absolute atomic E-state index is 0.0477. The number of aliphatic hydroxyl groups excluding tert-OH is 1. The molecule has 2 aromatic carbocycles. The highest BCUT2D eigenvalue weighted by Gasteiger charge is 2.48. The highest BCUT2D eigenvalue weighted by atomic mass is 35.5. The molecule has 0 saturated carbocycles. The van der Waals surface area contributed by atoms with Crippen LogP contribution in [0.4, 0.5) is 0 Å². The third-order valence-corrected chi connectivity index (χ3v) is 5.23. The summed E-state index contributed by atoms with van der Waals surface area (Å²) in [5.41, 5.74) is -1.00. The Labute approximate surface area is 177 Å². The number of carbonyl (C=O) groups excluding carboxylic acids is 2. The molecule has 3 rings (SSSR count). The second-order valence-corrected chi connectivity index (χ2v) is 7.62. The van der Waals surface area contributed by atoms with Crippen molar-refractivity contribution in [2.45, 2.75) is 17.8 Å². The summed E-state index contributed by atoms with van der Waals surface area (Å²) in [5.74, 6) is -0.837. The van der Waals surface area contributed by atoms with E-state index in [0.717, 1.165) is 0 Å². The minimum Gasteiger partial charge on any atom is -0.387 e. The number of nitrogens with one attached hydrogen (secondary N) is 2. The van der Waals surface area contributed by atoms with Crippen LogP contribution in [0, 0.1) is 0 Å². The number of ether oxygens (including phenoxy) is 1. The summed E-state index contributed by atoms with van der Waals surface area (Å²) in [5, 5.41) is 26.9. The van der Waals surface area contributed by atoms with E-state index in [0.29, 0.717) is 10.6 Å². The van der Waals surface area contributed by atoms with Gasteiger partial charge in [0, 0.05) is 17.1 Å². The van der Waals surface area contributed by atoms with Crippen LogP contribution in [0.3, 0.4) is 0 Å². The maximum Gasteiger partial charge on any atom is 0.252 e. The number of hydrogen-bond donors (Lipinski definition) is 4. The monoisotopic (exact) mass is 438 g/mol. The van der Waals surface area contributed by atoms with Gasteiger partial charge in [0.2, 0.25) is 0 Å². The van der Waals surface area contributed by atoms with E-state index >= 15 is 0 Å². The Hall–Kier alpha value is -2.16. The van der Waals surface area contributed by atoms with E-state index in [9.17, 15) is 19.8 Å². The molecule has 9 heteroatoms. The van der Waals surface area contributed by atoms with Gasteiger partial charge in [-0.25, -0.2) is 0 Å². The number of halogens is 2. The molecule has 0 spiro atoms. The van der Waals surface area contributed by atoms with Crippen LogP contribution in [-0.2, 0) is 4.74 Å². The fourth-order valence-corrected chi connectivity index (χ4v) is 3.48. The Kier molecular flexibility index (Phi) is 6.77. The maximum absolute atomic E-state index is 12.3. The van der Waals surface area contributed by atoms with Crippen LogP contribution in [-0.4, -0.2) is 59.5 Å². The largest absolute Gasteiger partial charge is 0.387 e. The molecule has 0 aromatic heterocycles. The molecule has 1 aliphatic rings. The highest BCUT2D eigenvalue weighted by Crippen LogP contribution is 2.25. The van der Waals surface area contributed by atoms with Crippen LogP contribution in [0.5, 0.6) is 0 Å². The summed E-state index contributed by atoms with van der Waals surface area (Å²) in [7, 11) is 0. The number of benzene rings is 2. The molecule has 1 heterocycles. The molecule has 1 saturated heterocycles. The standard InChI is InChI=1S/C20H20Cl2N2O5/c21-13-6-7-14(15(22)8-13)19(27)23-9-16-17(25)20(28,11-29-16)10-24-18(26)12-4-2-1-3-5-12/h1-8,16-17,25,28H,9-11H2,(H,23,27)(H,24,26)/t16-,17-,20+/m1/s1. The van der Waals surface area contributed by atoms with Crippen LogP contribution in [0.15, 0.2) is 48.5 Å². The van der Waals surface area contributed by atoms with E-state index in [1.165, 1.54) is 18.2 Å². The Bertz CT molecular complexity index is 896. The Morgan fingerprint density at radius 3 is 2.52 bits per heavy atom. The van der Waals surface area contributed by atoms with E-state index in [1.807, 2.05) is 0 Å². The van der Waals surface area contributed by atoms with Gasteiger partial charge in [-0.2, -0.15) is 0 Å². The molecule has 29 heavy (non-hydrogen) atoms. The first-order valence-electron chi connectivity index (χ1n) is 8.89. The van der Waals surface area contributed by atoms with E-state index in [2.05, 4.69) is 10.6 Å². The Balaban J connectivity index is 1.54. The van der Waals surface area contributed by atoms with Gasteiger partial charge in [0.05, 0.1) is 23.7 Å². The van der Waals surface area contributed by atoms with E-state index < -0.39 is 23.7 Å². The average Bonchev–Trinajstić information content (AvgIpc) is 2.99. The van der Waals surface area contributed by atoms with Gasteiger partial charge in [0.1, 0.15) is 17.8 Å². The van der Waals surface area contributed by atoms with Gasteiger partial charge < -0.3 is 25.6 Å². The van der Waals surface area contributed by atoms with Crippen molar-refractivity contribution in [3.05, 3.63) is 69.7 Å². The van der Waals surface area contributed by atoms with Gasteiger partial charge >= 0.3 is 0 Å². The van der Waals surface area contributed by atoms with Gasteiger partial charge in [-0.3, -0.25) is 9.59 Å². The third-order valence-electron chi connectivity index (χ3n) is 4.68. The summed E-state index contributed by atoms with van der Waals surface area (Å²) in [4.78, 5) is 24.4. The van der Waals surface area contributed by atoms with Crippen molar-refractivity contribution in [3.63, 3.8) is 0 Å². The summed E-state index contributed by atoms with van der Waals surface area (Å²) in [6.45, 7) is -0.436. The number of carbonyl (C=O) groups is 2. The minimum atomic E-state index is -1.67. The molecule has 0 aliphatic carbocycles. The number of hydrogen-bond acceptors (Lipinski definition) is 5. The topological polar surface area (TPSA) is 108 Å². The predicted octanol–water partition coefficient (Wildman–Crippen LogP) is 1.64. The van der Waals surface area contributed by atoms with Crippen LogP contribution >= 0.6 is 23.2 Å². The van der Waals surface area contributed by atoms with Crippen molar-refractivity contribution >= 4 is 35.0 Å². The molecular weight excluding hydrogens is 419 g/mol. The lowest BCUT2D eigenvalue weighted by molar-refractivity contribution is -0.0464. The first-order chi connectivity index (χ1) is 13.8. The van der Waals surface area contributed by atoms with Crippen LogP contribution in [0.2, 0.25) is 10.0 Å². The van der Waals surface area contributed by atoms with E-state index in [4.69, 9.17) is 27.9 Å². The molecule has 3 atom stereocenters. The Morgan fingerprint density at radius 1 is 1.10 bits per heavy atom. The molecule has 154 valence electrons. The summed E-state index contributed by atoms with van der Waals surface area (Å²) in [6, 6.07) is 13.0. The molecule has 4 N–H and O–H groups in total. The van der Waals surface area contributed by atoms with Crippen molar-refractivity contribution in [1.82, 2.24) is 10.6 Å². The van der Waals surface area contributed by atoms with Crippen molar-refractivity contribution in [2.24, 2.45) is 0 Å². The van der Waals surface area contributed by atoms with Crippen molar-refractivity contribution in [2.75, 3.05) is 19.7 Å². The second-order valence-electron chi connectivity index (χ2n) is 6.78. The molecule has 0 unspecified atom stereocenters. The zero-order valence-corrected chi connectivity index (χ0v) is 16.8. The van der Waals surface area contributed by atoms with Crippen molar-refractivity contribution < 1.29 is 24.5 Å². The fraction of sp³-hybridized carbons (Fsp3) is 0.300. The van der Waals surface area contributed by atoms with Crippen LogP contribution in [0.25, 0.3) is 0 Å². The normalized spacial score (nSPS) is 23.6. The number of rotatable bonds is 6.